The highest BCUT2D eigenvalue weighted by Gasteiger charge is 2.12. The number of para-hydroxylation sites is 2. The van der Waals surface area contributed by atoms with Gasteiger partial charge >= 0.3 is 6.61 Å². The fourth-order valence-electron chi connectivity index (χ4n) is 2.13. The second kappa shape index (κ2) is 8.86. The second-order valence-corrected chi connectivity index (χ2v) is 5.21. The van der Waals surface area contributed by atoms with Crippen LogP contribution >= 0.6 is 0 Å². The summed E-state index contributed by atoms with van der Waals surface area (Å²) < 4.78 is 39.2. The molecule has 0 heterocycles. The van der Waals surface area contributed by atoms with E-state index in [2.05, 4.69) is 4.74 Å². The molecule has 2 aromatic carbocycles. The van der Waals surface area contributed by atoms with E-state index < -0.39 is 6.61 Å². The molecule has 0 atom stereocenters. The fraction of sp³-hybridized carbons (Fsp3) is 0.278. The number of carbonyl (C=O) groups is 1. The first-order valence-electron chi connectivity index (χ1n) is 7.53. The Hall–Kier alpha value is -2.83. The monoisotopic (exact) mass is 351 g/mol. The van der Waals surface area contributed by atoms with Crippen LogP contribution in [0.5, 0.6) is 17.2 Å². The Balaban J connectivity index is 1.87. The van der Waals surface area contributed by atoms with Gasteiger partial charge in [0.25, 0.3) is 5.91 Å². The summed E-state index contributed by atoms with van der Waals surface area (Å²) in [5.74, 6) is 0.888. The molecule has 5 nitrogen and oxygen atoms in total. The Morgan fingerprint density at radius 2 is 1.72 bits per heavy atom. The minimum absolute atomic E-state index is 0.0761. The quantitative estimate of drug-likeness (QED) is 0.732. The van der Waals surface area contributed by atoms with Gasteiger partial charge in [0.2, 0.25) is 0 Å². The highest BCUT2D eigenvalue weighted by molar-refractivity contribution is 5.77. The Morgan fingerprint density at radius 3 is 2.32 bits per heavy atom. The van der Waals surface area contributed by atoms with Crippen LogP contribution in [-0.4, -0.2) is 38.2 Å². The molecule has 0 aliphatic heterocycles. The molecule has 2 rings (SSSR count). The van der Waals surface area contributed by atoms with Gasteiger partial charge in [-0.3, -0.25) is 4.79 Å². The van der Waals surface area contributed by atoms with E-state index in [4.69, 9.17) is 9.47 Å². The summed E-state index contributed by atoms with van der Waals surface area (Å²) in [5, 5.41) is 0. The predicted molar refractivity (Wildman–Crippen MR) is 88.0 cm³/mol. The average molecular weight is 351 g/mol. The number of nitrogens with zero attached hydrogens (tertiary/aromatic N) is 1. The average Bonchev–Trinajstić information content (AvgIpc) is 2.61. The van der Waals surface area contributed by atoms with Crippen LogP contribution in [-0.2, 0) is 11.3 Å². The van der Waals surface area contributed by atoms with Gasteiger partial charge in [0.1, 0.15) is 5.75 Å². The van der Waals surface area contributed by atoms with E-state index in [0.717, 1.165) is 5.56 Å². The van der Waals surface area contributed by atoms with Crippen molar-refractivity contribution in [1.82, 2.24) is 4.90 Å². The molecule has 0 unspecified atom stereocenters. The highest BCUT2D eigenvalue weighted by Crippen LogP contribution is 2.25. The number of alkyl halides is 2. The molecule has 0 aliphatic rings. The van der Waals surface area contributed by atoms with Gasteiger partial charge in [-0.25, -0.2) is 0 Å². The van der Waals surface area contributed by atoms with Crippen molar-refractivity contribution in [3.05, 3.63) is 54.1 Å². The predicted octanol–water partition coefficient (Wildman–Crippen LogP) is 3.33. The lowest BCUT2D eigenvalue weighted by atomic mass is 10.2. The summed E-state index contributed by atoms with van der Waals surface area (Å²) >= 11 is 0. The molecule has 134 valence electrons. The summed E-state index contributed by atoms with van der Waals surface area (Å²) in [6, 6.07) is 13.2. The Morgan fingerprint density at radius 1 is 1.08 bits per heavy atom. The lowest BCUT2D eigenvalue weighted by Gasteiger charge is -2.18. The minimum Gasteiger partial charge on any atom is -0.493 e. The molecule has 0 spiro atoms. The molecule has 7 heteroatoms. The van der Waals surface area contributed by atoms with Crippen LogP contribution in [0.3, 0.4) is 0 Å². The molecular formula is C18H19F2NO4. The van der Waals surface area contributed by atoms with E-state index in [1.54, 1.807) is 43.4 Å². The zero-order valence-corrected chi connectivity index (χ0v) is 13.9. The Labute approximate surface area is 144 Å². The van der Waals surface area contributed by atoms with Crippen molar-refractivity contribution in [1.29, 1.82) is 0 Å². The zero-order valence-electron chi connectivity index (χ0n) is 13.9. The number of likely N-dealkylation sites (N-methyl/N-ethyl adjacent to an activating group) is 1. The third kappa shape index (κ3) is 5.63. The summed E-state index contributed by atoms with van der Waals surface area (Å²) in [6.07, 6.45) is 0. The summed E-state index contributed by atoms with van der Waals surface area (Å²) in [6.45, 7) is -2.67. The molecule has 0 radical (unpaired) electrons. The van der Waals surface area contributed by atoms with Gasteiger partial charge in [-0.15, -0.1) is 0 Å². The van der Waals surface area contributed by atoms with Crippen molar-refractivity contribution in [3.63, 3.8) is 0 Å². The number of carbonyl (C=O) groups excluding carboxylic acids is 1. The van der Waals surface area contributed by atoms with Gasteiger partial charge < -0.3 is 19.1 Å². The molecule has 0 bridgehead atoms. The van der Waals surface area contributed by atoms with Gasteiger partial charge in [0.15, 0.2) is 18.1 Å². The largest absolute Gasteiger partial charge is 0.493 e. The molecule has 0 N–H and O–H groups in total. The summed E-state index contributed by atoms with van der Waals surface area (Å²) in [5.41, 5.74) is 0.787. The van der Waals surface area contributed by atoms with Crippen LogP contribution < -0.4 is 14.2 Å². The van der Waals surface area contributed by atoms with Crippen molar-refractivity contribution >= 4 is 5.91 Å². The molecule has 0 aliphatic carbocycles. The number of benzene rings is 2. The van der Waals surface area contributed by atoms with E-state index in [1.807, 2.05) is 0 Å². The normalized spacial score (nSPS) is 10.4. The van der Waals surface area contributed by atoms with Crippen molar-refractivity contribution in [3.8, 4) is 17.2 Å². The van der Waals surface area contributed by atoms with E-state index in [1.165, 1.54) is 24.1 Å². The maximum atomic E-state index is 12.2. The van der Waals surface area contributed by atoms with Gasteiger partial charge in [-0.1, -0.05) is 24.3 Å². The van der Waals surface area contributed by atoms with E-state index in [0.29, 0.717) is 18.0 Å². The van der Waals surface area contributed by atoms with Crippen LogP contribution in [0, 0.1) is 0 Å². The number of rotatable bonds is 8. The molecule has 2 aromatic rings. The molecule has 0 saturated carbocycles. The third-order valence-corrected chi connectivity index (χ3v) is 3.41. The van der Waals surface area contributed by atoms with Crippen LogP contribution in [0.1, 0.15) is 5.56 Å². The second-order valence-electron chi connectivity index (χ2n) is 5.21. The summed E-state index contributed by atoms with van der Waals surface area (Å²) in [7, 11) is 3.16. The molecular weight excluding hydrogens is 332 g/mol. The first-order valence-corrected chi connectivity index (χ1v) is 7.53. The minimum atomic E-state index is -2.86. The molecule has 1 amide bonds. The molecule has 0 fully saturated rings. The first-order chi connectivity index (χ1) is 12.0. The van der Waals surface area contributed by atoms with Crippen LogP contribution in [0.25, 0.3) is 0 Å². The lowest BCUT2D eigenvalue weighted by molar-refractivity contribution is -0.132. The maximum Gasteiger partial charge on any atom is 0.387 e. The highest BCUT2D eigenvalue weighted by atomic mass is 19.3. The number of hydrogen-bond acceptors (Lipinski definition) is 4. The van der Waals surface area contributed by atoms with Crippen molar-refractivity contribution in [2.45, 2.75) is 13.2 Å². The topological polar surface area (TPSA) is 48.0 Å². The van der Waals surface area contributed by atoms with E-state index >= 15 is 0 Å². The number of methoxy groups -OCH3 is 1. The van der Waals surface area contributed by atoms with E-state index in [-0.39, 0.29) is 18.3 Å². The van der Waals surface area contributed by atoms with E-state index in [9.17, 15) is 13.6 Å². The van der Waals surface area contributed by atoms with Gasteiger partial charge in [-0.05, 0) is 29.8 Å². The van der Waals surface area contributed by atoms with Gasteiger partial charge in [0.05, 0.1) is 7.11 Å². The summed E-state index contributed by atoms with van der Waals surface area (Å²) in [4.78, 5) is 13.7. The number of halogens is 2. The molecule has 0 aromatic heterocycles. The lowest BCUT2D eigenvalue weighted by Crippen LogP contribution is -2.31. The van der Waals surface area contributed by atoms with Crippen molar-refractivity contribution in [2.24, 2.45) is 0 Å². The SMILES string of the molecule is COc1ccccc1OCC(=O)N(C)Cc1ccc(OC(F)F)cc1. The van der Waals surface area contributed by atoms with Gasteiger partial charge in [0, 0.05) is 13.6 Å². The Bertz CT molecular complexity index is 692. The number of hydrogen-bond donors (Lipinski definition) is 0. The number of amides is 1. The first kappa shape index (κ1) is 18.5. The van der Waals surface area contributed by atoms with Crippen molar-refractivity contribution in [2.75, 3.05) is 20.8 Å². The molecule has 0 saturated heterocycles. The smallest absolute Gasteiger partial charge is 0.387 e. The Kier molecular flexibility index (Phi) is 6.56. The third-order valence-electron chi connectivity index (χ3n) is 3.41. The maximum absolute atomic E-state index is 12.2. The standard InChI is InChI=1S/C18H19F2NO4/c1-21(11-13-7-9-14(10-8-13)25-18(19)20)17(22)12-24-16-6-4-3-5-15(16)23-2/h3-10,18H,11-12H2,1-2H3. The fourth-order valence-corrected chi connectivity index (χ4v) is 2.13. The van der Waals surface area contributed by atoms with Crippen LogP contribution in [0.4, 0.5) is 8.78 Å². The van der Waals surface area contributed by atoms with Gasteiger partial charge in [-0.2, -0.15) is 8.78 Å². The van der Waals surface area contributed by atoms with Crippen molar-refractivity contribution < 1.29 is 27.8 Å². The van der Waals surface area contributed by atoms with Crippen LogP contribution in [0.15, 0.2) is 48.5 Å². The zero-order chi connectivity index (χ0) is 18.2. The van der Waals surface area contributed by atoms with Crippen LogP contribution in [0.2, 0.25) is 0 Å². The molecule has 25 heavy (non-hydrogen) atoms. The number of ether oxygens (including phenoxy) is 3.